The maximum atomic E-state index is 12.2. The Morgan fingerprint density at radius 3 is 2.55 bits per heavy atom. The van der Waals surface area contributed by atoms with E-state index in [2.05, 4.69) is 18.8 Å². The molecule has 0 spiro atoms. The summed E-state index contributed by atoms with van der Waals surface area (Å²) >= 11 is 0. The number of ether oxygens (including phenoxy) is 2. The van der Waals surface area contributed by atoms with Gasteiger partial charge in [0.05, 0.1) is 12.7 Å². The molecule has 2 aliphatic heterocycles. The molecule has 0 aromatic carbocycles. The number of rotatable bonds is 7. The molecule has 2 aliphatic rings. The zero-order chi connectivity index (χ0) is 24.7. The van der Waals surface area contributed by atoms with E-state index < -0.39 is 81.3 Å². The number of nitrogens with two attached hydrogens (primary N) is 1. The molecule has 2 saturated heterocycles. The quantitative estimate of drug-likeness (QED) is 0.191. The Balaban J connectivity index is 1.70. The minimum atomic E-state index is -5.63. The Kier molecular flexibility index (Phi) is 7.23. The van der Waals surface area contributed by atoms with Crippen LogP contribution >= 0.6 is 7.82 Å². The summed E-state index contributed by atoms with van der Waals surface area (Å²) in [5.74, 6) is -5.67. The standard InChI is InChI=1S/C15H22N3O14P/c16-7-1-2-18(14(26)17-7)11-10(22)9(21)6(30-11)4-29-33(27,28)32-15(13(24)25)3-5(19)8(20)12(23)31-15/h1-2,5-6,8-12,19-23H,3-4H2,(H,24,25)(H,27,28)(H2,16,17,26)/p-2/t5-,6+,8+,9-,10?,11+,12?,15+/m0/s1. The number of carbonyl (C=O) groups excluding carboxylic acids is 1. The van der Waals surface area contributed by atoms with E-state index in [1.54, 1.807) is 0 Å². The Morgan fingerprint density at radius 1 is 1.30 bits per heavy atom. The number of carbonyl (C=O) groups is 1. The van der Waals surface area contributed by atoms with Gasteiger partial charge in [0, 0.05) is 12.6 Å². The molecule has 186 valence electrons. The molecule has 1 aromatic heterocycles. The zero-order valence-corrected chi connectivity index (χ0v) is 17.3. The maximum absolute atomic E-state index is 12.2. The molecule has 0 aliphatic carbocycles. The third-order valence-electron chi connectivity index (χ3n) is 4.91. The first-order valence-corrected chi connectivity index (χ1v) is 10.7. The van der Waals surface area contributed by atoms with E-state index in [0.29, 0.717) is 0 Å². The Hall–Kier alpha value is -2.02. The van der Waals surface area contributed by atoms with Crippen molar-refractivity contribution in [1.82, 2.24) is 9.55 Å². The first-order chi connectivity index (χ1) is 15.3. The van der Waals surface area contributed by atoms with E-state index in [1.807, 2.05) is 0 Å². The van der Waals surface area contributed by atoms with Crippen LogP contribution in [0.3, 0.4) is 0 Å². The highest BCUT2D eigenvalue weighted by Crippen LogP contribution is 2.47. The number of aromatic nitrogens is 2. The number of carboxylic acids is 1. The number of hydrogen-bond acceptors (Lipinski definition) is 16. The number of aliphatic hydroxyl groups excluding tert-OH is 5. The fourth-order valence-corrected chi connectivity index (χ4v) is 4.15. The monoisotopic (exact) mass is 497 g/mol. The highest BCUT2D eigenvalue weighted by Gasteiger charge is 2.51. The number of aliphatic hydroxyl groups is 5. The molecular formula is C15H20N3O14P-2. The molecule has 18 heteroatoms. The van der Waals surface area contributed by atoms with Crippen molar-refractivity contribution in [2.24, 2.45) is 0 Å². The van der Waals surface area contributed by atoms with Gasteiger partial charge < -0.3 is 60.1 Å². The van der Waals surface area contributed by atoms with E-state index in [4.69, 9.17) is 10.5 Å². The van der Waals surface area contributed by atoms with Crippen molar-refractivity contribution in [3.8, 4) is 0 Å². The summed E-state index contributed by atoms with van der Waals surface area (Å²) in [6.07, 6.45) is -12.8. The van der Waals surface area contributed by atoms with Gasteiger partial charge in [-0.15, -0.1) is 0 Å². The highest BCUT2D eigenvalue weighted by molar-refractivity contribution is 7.45. The maximum Gasteiger partial charge on any atom is 0.351 e. The van der Waals surface area contributed by atoms with Gasteiger partial charge in [-0.2, -0.15) is 4.98 Å². The minimum absolute atomic E-state index is 0.122. The molecule has 9 atom stereocenters. The molecule has 0 amide bonds. The van der Waals surface area contributed by atoms with Crippen LogP contribution in [-0.4, -0.2) is 90.3 Å². The number of phosphoric acid groups is 1. The van der Waals surface area contributed by atoms with E-state index >= 15 is 0 Å². The van der Waals surface area contributed by atoms with Crippen LogP contribution < -0.4 is 21.4 Å². The lowest BCUT2D eigenvalue weighted by Gasteiger charge is -2.45. The Labute approximate surface area is 183 Å². The first kappa shape index (κ1) is 25.6. The third kappa shape index (κ3) is 5.23. The normalized spacial score (nSPS) is 38.7. The largest absolute Gasteiger partial charge is 0.756 e. The Bertz CT molecular complexity index is 977. The Morgan fingerprint density at radius 2 is 1.97 bits per heavy atom. The lowest BCUT2D eigenvalue weighted by molar-refractivity contribution is -0.394. The van der Waals surface area contributed by atoms with Crippen LogP contribution in [0.5, 0.6) is 0 Å². The van der Waals surface area contributed by atoms with Gasteiger partial charge in [-0.05, 0) is 6.07 Å². The van der Waals surface area contributed by atoms with Crippen molar-refractivity contribution in [1.29, 1.82) is 0 Å². The van der Waals surface area contributed by atoms with E-state index in [9.17, 15) is 49.7 Å². The van der Waals surface area contributed by atoms with Gasteiger partial charge in [0.2, 0.25) is 5.79 Å². The number of nitrogens with zero attached hydrogens (tertiary/aromatic N) is 2. The van der Waals surface area contributed by atoms with Crippen LogP contribution in [0.25, 0.3) is 0 Å². The highest BCUT2D eigenvalue weighted by atomic mass is 31.2. The topological polar surface area (TPSA) is 279 Å². The van der Waals surface area contributed by atoms with E-state index in [1.165, 1.54) is 6.07 Å². The summed E-state index contributed by atoms with van der Waals surface area (Å²) < 4.78 is 31.6. The van der Waals surface area contributed by atoms with Crippen molar-refractivity contribution < 1.29 is 63.4 Å². The van der Waals surface area contributed by atoms with Crippen molar-refractivity contribution in [2.45, 2.75) is 55.2 Å². The van der Waals surface area contributed by atoms with Crippen LogP contribution in [0.15, 0.2) is 17.1 Å². The van der Waals surface area contributed by atoms with Crippen LogP contribution in [0, 0.1) is 0 Å². The molecule has 3 heterocycles. The number of anilines is 1. The molecule has 7 N–H and O–H groups in total. The molecule has 3 unspecified atom stereocenters. The average molecular weight is 497 g/mol. The summed E-state index contributed by atoms with van der Waals surface area (Å²) in [6.45, 7) is -1.02. The number of aliphatic carboxylic acids is 1. The van der Waals surface area contributed by atoms with Crippen molar-refractivity contribution >= 4 is 19.6 Å². The van der Waals surface area contributed by atoms with Gasteiger partial charge in [-0.25, -0.2) is 4.79 Å². The molecule has 0 saturated carbocycles. The van der Waals surface area contributed by atoms with Crippen LogP contribution in [0.2, 0.25) is 0 Å². The minimum Gasteiger partial charge on any atom is -0.756 e. The van der Waals surface area contributed by atoms with E-state index in [-0.39, 0.29) is 5.82 Å². The summed E-state index contributed by atoms with van der Waals surface area (Å²) in [5.41, 5.74) is 4.43. The first-order valence-electron chi connectivity index (χ1n) is 9.22. The molecule has 0 bridgehead atoms. The second-order valence-corrected chi connectivity index (χ2v) is 8.57. The number of nitrogen functional groups attached to an aromatic ring is 1. The van der Waals surface area contributed by atoms with Crippen molar-refractivity contribution in [3.05, 3.63) is 22.7 Å². The third-order valence-corrected chi connectivity index (χ3v) is 5.89. The molecule has 17 nitrogen and oxygen atoms in total. The number of phosphoric ester groups is 1. The lowest BCUT2D eigenvalue weighted by atomic mass is 10.00. The summed E-state index contributed by atoms with van der Waals surface area (Å²) in [4.78, 5) is 39.0. The predicted octanol–water partition coefficient (Wildman–Crippen LogP) is -6.15. The van der Waals surface area contributed by atoms with Gasteiger partial charge >= 0.3 is 5.69 Å². The van der Waals surface area contributed by atoms with Gasteiger partial charge in [0.25, 0.3) is 7.82 Å². The molecule has 3 rings (SSSR count). The fraction of sp³-hybridized carbons (Fsp3) is 0.667. The van der Waals surface area contributed by atoms with Gasteiger partial charge in [0.15, 0.2) is 12.5 Å². The van der Waals surface area contributed by atoms with Crippen molar-refractivity contribution in [2.75, 3.05) is 12.3 Å². The molecule has 1 aromatic rings. The molecule has 2 fully saturated rings. The lowest BCUT2D eigenvalue weighted by Crippen LogP contribution is -2.62. The van der Waals surface area contributed by atoms with Gasteiger partial charge in [0.1, 0.15) is 36.2 Å². The molecule has 0 radical (unpaired) electrons. The zero-order valence-electron chi connectivity index (χ0n) is 16.4. The van der Waals surface area contributed by atoms with Crippen LogP contribution in [-0.2, 0) is 27.9 Å². The van der Waals surface area contributed by atoms with Crippen molar-refractivity contribution in [3.63, 3.8) is 0 Å². The summed E-state index contributed by atoms with van der Waals surface area (Å²) in [7, 11) is -5.63. The fourth-order valence-electron chi connectivity index (χ4n) is 3.21. The van der Waals surface area contributed by atoms with Crippen LogP contribution in [0.4, 0.5) is 5.82 Å². The summed E-state index contributed by atoms with van der Waals surface area (Å²) in [6, 6.07) is 1.21. The molecule has 33 heavy (non-hydrogen) atoms. The van der Waals surface area contributed by atoms with E-state index in [0.717, 1.165) is 10.8 Å². The predicted molar refractivity (Wildman–Crippen MR) is 94.9 cm³/mol. The van der Waals surface area contributed by atoms with Gasteiger partial charge in [-0.3, -0.25) is 13.7 Å². The number of hydrogen-bond donors (Lipinski definition) is 6. The average Bonchev–Trinajstić information content (AvgIpc) is 2.98. The second-order valence-electron chi connectivity index (χ2n) is 7.23. The molecular weight excluding hydrogens is 477 g/mol. The smallest absolute Gasteiger partial charge is 0.351 e. The SMILES string of the molecule is Nc1ccn([C@@H]2O[C@H](COP(=O)([O-])O[C@@]3(C(=O)[O-])C[C@H](O)[C@@H](O)C(O)O3)[C@H](O)C2O)c(=O)n1. The van der Waals surface area contributed by atoms with Gasteiger partial charge in [-0.1, -0.05) is 0 Å². The number of carboxylic acid groups (broad SMARTS) is 1. The summed E-state index contributed by atoms with van der Waals surface area (Å²) in [5, 5.41) is 60.3. The second kappa shape index (κ2) is 9.32. The van der Waals surface area contributed by atoms with Crippen LogP contribution in [0.1, 0.15) is 12.6 Å².